The van der Waals surface area contributed by atoms with Gasteiger partial charge in [-0.2, -0.15) is 13.2 Å². The van der Waals surface area contributed by atoms with Crippen LogP contribution in [0.2, 0.25) is 0 Å². The number of ether oxygens (including phenoxy) is 2. The van der Waals surface area contributed by atoms with E-state index in [9.17, 15) is 13.2 Å². The van der Waals surface area contributed by atoms with Gasteiger partial charge in [-0.15, -0.1) is 0 Å². The quantitative estimate of drug-likeness (QED) is 0.900. The van der Waals surface area contributed by atoms with E-state index in [1.54, 1.807) is 12.1 Å². The highest BCUT2D eigenvalue weighted by molar-refractivity contribution is 5.45. The fourth-order valence-electron chi connectivity index (χ4n) is 2.31. The number of hydrogen-bond acceptors (Lipinski definition) is 3. The number of hydrogen-bond donors (Lipinski definition) is 1. The molecule has 116 valence electrons. The molecule has 0 bridgehead atoms. The Balaban J connectivity index is 1.79. The Hall–Kier alpha value is -2.21. The van der Waals surface area contributed by atoms with Gasteiger partial charge in [0.25, 0.3) is 0 Å². The molecule has 1 heterocycles. The van der Waals surface area contributed by atoms with Crippen LogP contribution in [0.4, 0.5) is 13.2 Å². The van der Waals surface area contributed by atoms with Crippen LogP contribution < -0.4 is 15.2 Å². The van der Waals surface area contributed by atoms with Crippen LogP contribution in [-0.4, -0.2) is 6.61 Å². The molecule has 3 rings (SSSR count). The number of alkyl halides is 3. The summed E-state index contributed by atoms with van der Waals surface area (Å²) < 4.78 is 48.6. The Kier molecular flexibility index (Phi) is 3.70. The molecule has 1 aliphatic rings. The van der Waals surface area contributed by atoms with Crippen LogP contribution in [-0.2, 0) is 6.18 Å². The van der Waals surface area contributed by atoms with Crippen molar-refractivity contribution in [2.45, 2.75) is 18.6 Å². The summed E-state index contributed by atoms with van der Waals surface area (Å²) in [6.07, 6.45) is -3.60. The van der Waals surface area contributed by atoms with Gasteiger partial charge in [-0.25, -0.2) is 0 Å². The van der Waals surface area contributed by atoms with Crippen LogP contribution in [0.1, 0.15) is 23.6 Å². The van der Waals surface area contributed by atoms with Crippen molar-refractivity contribution in [2.24, 2.45) is 5.73 Å². The summed E-state index contributed by atoms with van der Waals surface area (Å²) in [5.74, 6) is 1.48. The van der Waals surface area contributed by atoms with Gasteiger partial charge in [0, 0.05) is 24.1 Å². The van der Waals surface area contributed by atoms with Crippen LogP contribution >= 0.6 is 0 Å². The summed E-state index contributed by atoms with van der Waals surface area (Å²) in [4.78, 5) is 0. The lowest BCUT2D eigenvalue weighted by Gasteiger charge is -2.23. The second-order valence-electron chi connectivity index (χ2n) is 5.07. The molecule has 0 radical (unpaired) electrons. The maximum atomic E-state index is 12.5. The Bertz CT molecular complexity index is 668. The molecule has 1 atom stereocenters. The van der Waals surface area contributed by atoms with Crippen molar-refractivity contribution in [1.82, 2.24) is 0 Å². The molecule has 1 unspecified atom stereocenters. The molecular formula is C16H14F3NO2. The van der Waals surface area contributed by atoms with Gasteiger partial charge in [0.2, 0.25) is 0 Å². The molecule has 6 heteroatoms. The van der Waals surface area contributed by atoms with E-state index in [-0.39, 0.29) is 6.04 Å². The molecule has 0 fully saturated rings. The lowest BCUT2D eigenvalue weighted by atomic mass is 10.0. The lowest BCUT2D eigenvalue weighted by Crippen LogP contribution is -2.20. The van der Waals surface area contributed by atoms with Gasteiger partial charge in [-0.1, -0.05) is 6.07 Å². The van der Waals surface area contributed by atoms with Crippen LogP contribution in [0.5, 0.6) is 17.2 Å². The van der Waals surface area contributed by atoms with Crippen molar-refractivity contribution in [3.8, 4) is 17.2 Å². The van der Waals surface area contributed by atoms with E-state index in [1.807, 2.05) is 6.07 Å². The van der Waals surface area contributed by atoms with Gasteiger partial charge in [-0.05, 0) is 30.3 Å². The number of benzene rings is 2. The summed E-state index contributed by atoms with van der Waals surface area (Å²) in [6, 6.07) is 9.73. The first-order valence-electron chi connectivity index (χ1n) is 6.81. The highest BCUT2D eigenvalue weighted by atomic mass is 19.4. The zero-order chi connectivity index (χ0) is 15.7. The first-order valence-corrected chi connectivity index (χ1v) is 6.81. The monoisotopic (exact) mass is 309 g/mol. The smallest absolute Gasteiger partial charge is 0.416 e. The highest BCUT2D eigenvalue weighted by Gasteiger charge is 2.30. The standard InChI is InChI=1S/C16H14F3NO2/c17-16(18,19)10-1-3-11(4-2-10)22-12-5-6-13-14(20)7-8-21-15(13)9-12/h1-6,9,14H,7-8,20H2. The normalized spacial score (nSPS) is 17.5. The molecule has 0 spiro atoms. The van der Waals surface area contributed by atoms with Crippen molar-refractivity contribution < 1.29 is 22.6 Å². The highest BCUT2D eigenvalue weighted by Crippen LogP contribution is 2.36. The van der Waals surface area contributed by atoms with Crippen molar-refractivity contribution in [3.63, 3.8) is 0 Å². The molecule has 0 saturated carbocycles. The van der Waals surface area contributed by atoms with E-state index < -0.39 is 11.7 Å². The largest absolute Gasteiger partial charge is 0.493 e. The molecule has 2 N–H and O–H groups in total. The molecule has 0 aromatic heterocycles. The average molecular weight is 309 g/mol. The SMILES string of the molecule is NC1CCOc2cc(Oc3ccc(C(F)(F)F)cc3)ccc21. The fourth-order valence-corrected chi connectivity index (χ4v) is 2.31. The average Bonchev–Trinajstić information content (AvgIpc) is 2.47. The van der Waals surface area contributed by atoms with Gasteiger partial charge >= 0.3 is 6.18 Å². The van der Waals surface area contributed by atoms with E-state index in [2.05, 4.69) is 0 Å². The number of rotatable bonds is 2. The Morgan fingerprint density at radius 1 is 1.05 bits per heavy atom. The first kappa shape index (κ1) is 14.7. The second kappa shape index (κ2) is 5.53. The predicted molar refractivity (Wildman–Crippen MR) is 75.0 cm³/mol. The third kappa shape index (κ3) is 3.01. The molecule has 0 saturated heterocycles. The summed E-state index contributed by atoms with van der Waals surface area (Å²) in [5, 5.41) is 0. The van der Waals surface area contributed by atoms with E-state index in [0.29, 0.717) is 23.9 Å². The molecule has 3 nitrogen and oxygen atoms in total. The minimum absolute atomic E-state index is 0.0659. The maximum Gasteiger partial charge on any atom is 0.416 e. The molecule has 0 amide bonds. The van der Waals surface area contributed by atoms with Crippen LogP contribution in [0, 0.1) is 0 Å². The van der Waals surface area contributed by atoms with Gasteiger partial charge in [-0.3, -0.25) is 0 Å². The Labute approximate surface area is 125 Å². The van der Waals surface area contributed by atoms with Crippen molar-refractivity contribution in [1.29, 1.82) is 0 Å². The topological polar surface area (TPSA) is 44.5 Å². The molecule has 1 aliphatic heterocycles. The Morgan fingerprint density at radius 2 is 1.73 bits per heavy atom. The van der Waals surface area contributed by atoms with Gasteiger partial charge in [0.05, 0.1) is 12.2 Å². The third-order valence-electron chi connectivity index (χ3n) is 3.49. The minimum Gasteiger partial charge on any atom is -0.493 e. The third-order valence-corrected chi connectivity index (χ3v) is 3.49. The summed E-state index contributed by atoms with van der Waals surface area (Å²) >= 11 is 0. The van der Waals surface area contributed by atoms with Crippen LogP contribution in [0.3, 0.4) is 0 Å². The first-order chi connectivity index (χ1) is 10.4. The molecular weight excluding hydrogens is 295 g/mol. The molecule has 22 heavy (non-hydrogen) atoms. The van der Waals surface area contributed by atoms with Gasteiger partial charge in [0.1, 0.15) is 17.2 Å². The van der Waals surface area contributed by atoms with E-state index in [1.165, 1.54) is 12.1 Å². The van der Waals surface area contributed by atoms with Gasteiger partial charge < -0.3 is 15.2 Å². The molecule has 2 aromatic carbocycles. The number of halogens is 3. The number of fused-ring (bicyclic) bond motifs is 1. The maximum absolute atomic E-state index is 12.5. The second-order valence-corrected chi connectivity index (χ2v) is 5.07. The summed E-state index contributed by atoms with van der Waals surface area (Å²) in [5.41, 5.74) is 6.18. The Morgan fingerprint density at radius 3 is 2.41 bits per heavy atom. The van der Waals surface area contributed by atoms with E-state index >= 15 is 0 Å². The molecule has 2 aromatic rings. The minimum atomic E-state index is -4.35. The number of nitrogens with two attached hydrogens (primary N) is 1. The van der Waals surface area contributed by atoms with E-state index in [0.717, 1.165) is 24.1 Å². The predicted octanol–water partition coefficient (Wildman–Crippen LogP) is 4.28. The summed E-state index contributed by atoms with van der Waals surface area (Å²) in [7, 11) is 0. The van der Waals surface area contributed by atoms with Gasteiger partial charge in [0.15, 0.2) is 0 Å². The van der Waals surface area contributed by atoms with E-state index in [4.69, 9.17) is 15.2 Å². The zero-order valence-electron chi connectivity index (χ0n) is 11.6. The zero-order valence-corrected chi connectivity index (χ0v) is 11.6. The lowest BCUT2D eigenvalue weighted by molar-refractivity contribution is -0.137. The van der Waals surface area contributed by atoms with Crippen LogP contribution in [0.15, 0.2) is 42.5 Å². The van der Waals surface area contributed by atoms with Crippen LogP contribution in [0.25, 0.3) is 0 Å². The van der Waals surface area contributed by atoms with Crippen molar-refractivity contribution in [2.75, 3.05) is 6.61 Å². The van der Waals surface area contributed by atoms with Crippen molar-refractivity contribution >= 4 is 0 Å². The van der Waals surface area contributed by atoms with Crippen molar-refractivity contribution in [3.05, 3.63) is 53.6 Å². The molecule has 0 aliphatic carbocycles. The fraction of sp³-hybridized carbons (Fsp3) is 0.250. The summed E-state index contributed by atoms with van der Waals surface area (Å²) in [6.45, 7) is 0.540.